The smallest absolute Gasteiger partial charge is 0.267 e. The van der Waals surface area contributed by atoms with Crippen LogP contribution in [0.25, 0.3) is 16.6 Å². The molecule has 84 valence electrons. The molecule has 0 unspecified atom stereocenters. The van der Waals surface area contributed by atoms with Crippen LogP contribution in [0.15, 0.2) is 57.8 Å². The Kier molecular flexibility index (Phi) is 2.37. The molecule has 17 heavy (non-hydrogen) atoms. The normalized spacial score (nSPS) is 10.9. The zero-order valence-electron chi connectivity index (χ0n) is 8.85. The number of halogens is 1. The molecular formula is C13H9BrN2O. The maximum absolute atomic E-state index is 11.8. The van der Waals surface area contributed by atoms with Crippen LogP contribution in [0.5, 0.6) is 0 Å². The summed E-state index contributed by atoms with van der Waals surface area (Å²) < 4.78 is 2.70. The van der Waals surface area contributed by atoms with Gasteiger partial charge in [-0.2, -0.15) is 0 Å². The van der Waals surface area contributed by atoms with E-state index in [0.29, 0.717) is 5.39 Å². The number of para-hydroxylation sites is 1. The fraction of sp³-hybridized carbons (Fsp3) is 0. The lowest BCUT2D eigenvalue weighted by Gasteiger charge is -2.03. The second-order valence-corrected chi connectivity index (χ2v) is 4.69. The number of rotatable bonds is 1. The van der Waals surface area contributed by atoms with Gasteiger partial charge in [0.05, 0.1) is 16.6 Å². The lowest BCUT2D eigenvalue weighted by atomic mass is 10.2. The van der Waals surface area contributed by atoms with Crippen molar-refractivity contribution in [2.24, 2.45) is 0 Å². The summed E-state index contributed by atoms with van der Waals surface area (Å²) in [5.74, 6) is 0. The summed E-state index contributed by atoms with van der Waals surface area (Å²) in [6.45, 7) is 0. The van der Waals surface area contributed by atoms with Crippen molar-refractivity contribution in [2.45, 2.75) is 0 Å². The molecule has 3 nitrogen and oxygen atoms in total. The highest BCUT2D eigenvalue weighted by Crippen LogP contribution is 2.19. The number of nitrogens with one attached hydrogen (secondary N) is 1. The molecule has 0 atom stereocenters. The summed E-state index contributed by atoms with van der Waals surface area (Å²) in [7, 11) is 0. The number of H-pyrrole nitrogens is 1. The van der Waals surface area contributed by atoms with Crippen molar-refractivity contribution in [3.8, 4) is 5.69 Å². The molecule has 0 amide bonds. The molecular weight excluding hydrogens is 280 g/mol. The zero-order valence-corrected chi connectivity index (χ0v) is 10.4. The molecule has 1 aromatic heterocycles. The number of benzene rings is 2. The minimum Gasteiger partial charge on any atom is -0.267 e. The Morgan fingerprint density at radius 1 is 1.06 bits per heavy atom. The maximum atomic E-state index is 11.8. The Hall–Kier alpha value is -1.81. The van der Waals surface area contributed by atoms with Gasteiger partial charge < -0.3 is 0 Å². The number of aromatic amines is 1. The van der Waals surface area contributed by atoms with Crippen molar-refractivity contribution in [3.63, 3.8) is 0 Å². The van der Waals surface area contributed by atoms with Crippen molar-refractivity contribution >= 4 is 26.8 Å². The first kappa shape index (κ1) is 10.4. The van der Waals surface area contributed by atoms with Gasteiger partial charge in [0, 0.05) is 4.47 Å². The van der Waals surface area contributed by atoms with Crippen molar-refractivity contribution in [1.29, 1.82) is 0 Å². The summed E-state index contributed by atoms with van der Waals surface area (Å²) in [6, 6.07) is 15.4. The number of hydrogen-bond donors (Lipinski definition) is 1. The number of fused-ring (bicyclic) bond motifs is 1. The van der Waals surface area contributed by atoms with Gasteiger partial charge in [0.15, 0.2) is 0 Å². The molecule has 0 spiro atoms. The molecule has 0 aliphatic carbocycles. The molecule has 0 radical (unpaired) electrons. The van der Waals surface area contributed by atoms with Crippen molar-refractivity contribution < 1.29 is 0 Å². The first-order chi connectivity index (χ1) is 8.25. The van der Waals surface area contributed by atoms with E-state index < -0.39 is 0 Å². The van der Waals surface area contributed by atoms with E-state index in [1.165, 1.54) is 0 Å². The van der Waals surface area contributed by atoms with Crippen molar-refractivity contribution in [2.75, 3.05) is 0 Å². The van der Waals surface area contributed by atoms with Crippen LogP contribution in [0.3, 0.4) is 0 Å². The average Bonchev–Trinajstić information content (AvgIpc) is 2.68. The molecule has 0 aliphatic rings. The van der Waals surface area contributed by atoms with Crippen LogP contribution >= 0.6 is 15.9 Å². The van der Waals surface area contributed by atoms with E-state index in [4.69, 9.17) is 0 Å². The predicted octanol–water partition coefficient (Wildman–Crippen LogP) is 3.08. The van der Waals surface area contributed by atoms with Crippen LogP contribution in [-0.4, -0.2) is 9.78 Å². The van der Waals surface area contributed by atoms with E-state index in [9.17, 15) is 4.79 Å². The van der Waals surface area contributed by atoms with E-state index in [1.807, 2.05) is 48.5 Å². The van der Waals surface area contributed by atoms with E-state index >= 15 is 0 Å². The molecule has 3 aromatic rings. The molecule has 0 saturated heterocycles. The van der Waals surface area contributed by atoms with Gasteiger partial charge >= 0.3 is 0 Å². The van der Waals surface area contributed by atoms with Crippen LogP contribution in [-0.2, 0) is 0 Å². The summed E-state index contributed by atoms with van der Waals surface area (Å²) in [6.07, 6.45) is 0. The number of aromatic nitrogens is 2. The minimum atomic E-state index is -0.0786. The summed E-state index contributed by atoms with van der Waals surface area (Å²) in [4.78, 5) is 11.8. The third-order valence-electron chi connectivity index (χ3n) is 2.67. The fourth-order valence-electron chi connectivity index (χ4n) is 1.89. The zero-order chi connectivity index (χ0) is 11.8. The molecule has 1 N–H and O–H groups in total. The molecule has 4 heteroatoms. The highest BCUT2D eigenvalue weighted by atomic mass is 79.9. The lowest BCUT2D eigenvalue weighted by Crippen LogP contribution is -2.03. The number of hydrogen-bond acceptors (Lipinski definition) is 1. The number of nitrogens with zero attached hydrogens (tertiary/aromatic N) is 1. The first-order valence-electron chi connectivity index (χ1n) is 5.21. The molecule has 0 fully saturated rings. The van der Waals surface area contributed by atoms with Gasteiger partial charge in [-0.15, -0.1) is 0 Å². The standard InChI is InChI=1S/C13H9BrN2O/c14-9-6-7-12-11(8-9)13(17)15-16(12)10-4-2-1-3-5-10/h1-8H,(H,15,17). The fourth-order valence-corrected chi connectivity index (χ4v) is 2.25. The Morgan fingerprint density at radius 2 is 1.82 bits per heavy atom. The monoisotopic (exact) mass is 288 g/mol. The van der Waals surface area contributed by atoms with Crippen LogP contribution < -0.4 is 5.56 Å². The van der Waals surface area contributed by atoms with Gasteiger partial charge in [-0.3, -0.25) is 14.6 Å². The minimum absolute atomic E-state index is 0.0786. The van der Waals surface area contributed by atoms with Gasteiger partial charge in [0.25, 0.3) is 5.56 Å². The lowest BCUT2D eigenvalue weighted by molar-refractivity contribution is 0.891. The van der Waals surface area contributed by atoms with Crippen molar-refractivity contribution in [3.05, 3.63) is 63.4 Å². The van der Waals surface area contributed by atoms with Gasteiger partial charge in [-0.1, -0.05) is 34.1 Å². The molecule has 1 heterocycles. The molecule has 0 aliphatic heterocycles. The van der Waals surface area contributed by atoms with E-state index in [0.717, 1.165) is 15.7 Å². The maximum Gasteiger partial charge on any atom is 0.272 e. The highest BCUT2D eigenvalue weighted by Gasteiger charge is 2.07. The van der Waals surface area contributed by atoms with Gasteiger partial charge in [0.2, 0.25) is 0 Å². The van der Waals surface area contributed by atoms with E-state index in [2.05, 4.69) is 21.0 Å². The van der Waals surface area contributed by atoms with Gasteiger partial charge in [0.1, 0.15) is 0 Å². The van der Waals surface area contributed by atoms with Gasteiger partial charge in [-0.25, -0.2) is 0 Å². The molecule has 3 rings (SSSR count). The topological polar surface area (TPSA) is 37.8 Å². The SMILES string of the molecule is O=c1[nH]n(-c2ccccc2)c2ccc(Br)cc12. The second kappa shape index (κ2) is 3.89. The summed E-state index contributed by atoms with van der Waals surface area (Å²) >= 11 is 3.37. The van der Waals surface area contributed by atoms with Crippen LogP contribution in [0, 0.1) is 0 Å². The van der Waals surface area contributed by atoms with Gasteiger partial charge in [-0.05, 0) is 30.3 Å². The first-order valence-corrected chi connectivity index (χ1v) is 6.01. The third kappa shape index (κ3) is 1.70. The average molecular weight is 289 g/mol. The third-order valence-corrected chi connectivity index (χ3v) is 3.17. The summed E-state index contributed by atoms with van der Waals surface area (Å²) in [5, 5.41) is 3.52. The van der Waals surface area contributed by atoms with E-state index in [1.54, 1.807) is 4.68 Å². The predicted molar refractivity (Wildman–Crippen MR) is 71.6 cm³/mol. The van der Waals surface area contributed by atoms with E-state index in [-0.39, 0.29) is 5.56 Å². The molecule has 2 aromatic carbocycles. The Morgan fingerprint density at radius 3 is 2.59 bits per heavy atom. The van der Waals surface area contributed by atoms with Crippen LogP contribution in [0.4, 0.5) is 0 Å². The Balaban J connectivity index is 2.36. The Bertz CT molecular complexity index is 728. The highest BCUT2D eigenvalue weighted by molar-refractivity contribution is 9.10. The summed E-state index contributed by atoms with van der Waals surface area (Å²) in [5.41, 5.74) is 1.75. The largest absolute Gasteiger partial charge is 0.272 e. The van der Waals surface area contributed by atoms with Crippen LogP contribution in [0.2, 0.25) is 0 Å². The van der Waals surface area contributed by atoms with Crippen LogP contribution in [0.1, 0.15) is 0 Å². The molecule has 0 bridgehead atoms. The van der Waals surface area contributed by atoms with Crippen molar-refractivity contribution in [1.82, 2.24) is 9.78 Å². The quantitative estimate of drug-likeness (QED) is 0.734. The Labute approximate surface area is 106 Å². The molecule has 0 saturated carbocycles. The second-order valence-electron chi connectivity index (χ2n) is 3.77.